The van der Waals surface area contributed by atoms with Crippen LogP contribution in [0.5, 0.6) is 0 Å². The lowest BCUT2D eigenvalue weighted by atomic mass is 10.1. The number of hydrogen-bond donors (Lipinski definition) is 2. The van der Waals surface area contributed by atoms with Crippen LogP contribution in [0.25, 0.3) is 11.1 Å². The lowest BCUT2D eigenvalue weighted by molar-refractivity contribution is -0.136. The summed E-state index contributed by atoms with van der Waals surface area (Å²) >= 11 is 0. The van der Waals surface area contributed by atoms with Gasteiger partial charge in [-0.1, -0.05) is 12.1 Å². The average Bonchev–Trinajstić information content (AvgIpc) is 3.06. The molecule has 0 bridgehead atoms. The van der Waals surface area contributed by atoms with Gasteiger partial charge in [-0.25, -0.2) is 4.79 Å². The number of nitrogens with zero attached hydrogens (tertiary/aromatic N) is 3. The molecule has 2 heterocycles. The molecule has 27 heavy (non-hydrogen) atoms. The summed E-state index contributed by atoms with van der Waals surface area (Å²) < 4.78 is 40.6. The van der Waals surface area contributed by atoms with E-state index in [0.29, 0.717) is 5.56 Å². The number of hydrogen-bond acceptors (Lipinski definition) is 3. The zero-order chi connectivity index (χ0) is 19.4. The van der Waals surface area contributed by atoms with Crippen LogP contribution in [-0.4, -0.2) is 20.8 Å². The number of alkyl halides is 3. The summed E-state index contributed by atoms with van der Waals surface area (Å²) in [5.41, 5.74) is 1.20. The van der Waals surface area contributed by atoms with Crippen LogP contribution in [0.15, 0.2) is 55.1 Å². The molecule has 0 aliphatic carbocycles. The maximum atomic E-state index is 13.0. The molecule has 0 atom stereocenters. The van der Waals surface area contributed by atoms with Gasteiger partial charge in [0.25, 0.3) is 0 Å². The van der Waals surface area contributed by atoms with Crippen molar-refractivity contribution in [1.29, 1.82) is 0 Å². The molecule has 2 aromatic heterocycles. The van der Waals surface area contributed by atoms with Crippen LogP contribution in [0, 0.1) is 0 Å². The molecule has 0 saturated heterocycles. The van der Waals surface area contributed by atoms with Crippen molar-refractivity contribution in [2.45, 2.75) is 12.7 Å². The van der Waals surface area contributed by atoms with Gasteiger partial charge < -0.3 is 10.6 Å². The molecule has 6 nitrogen and oxygen atoms in total. The van der Waals surface area contributed by atoms with Gasteiger partial charge in [0.1, 0.15) is 0 Å². The summed E-state index contributed by atoms with van der Waals surface area (Å²) in [5.74, 6) is 0. The summed E-state index contributed by atoms with van der Waals surface area (Å²) in [7, 11) is 1.80. The van der Waals surface area contributed by atoms with E-state index in [9.17, 15) is 18.0 Å². The topological polar surface area (TPSA) is 71.8 Å². The fourth-order valence-corrected chi connectivity index (χ4v) is 2.50. The molecule has 0 spiro atoms. The Bertz CT molecular complexity index is 952. The lowest BCUT2D eigenvalue weighted by Crippen LogP contribution is -2.29. The van der Waals surface area contributed by atoms with Crippen molar-refractivity contribution < 1.29 is 18.0 Å². The number of anilines is 1. The molecule has 3 aromatic rings. The Hall–Kier alpha value is -3.36. The summed E-state index contributed by atoms with van der Waals surface area (Å²) in [5, 5.41) is 8.85. The van der Waals surface area contributed by atoms with Crippen molar-refractivity contribution in [2.75, 3.05) is 5.32 Å². The third-order valence-electron chi connectivity index (χ3n) is 3.77. The number of nitrogens with one attached hydrogen (secondary N) is 2. The number of amides is 2. The molecule has 1 aromatic carbocycles. The predicted octanol–water partition coefficient (Wildman–Crippen LogP) is 3.82. The van der Waals surface area contributed by atoms with Gasteiger partial charge in [0, 0.05) is 43.3 Å². The first-order valence-corrected chi connectivity index (χ1v) is 7.97. The Balaban J connectivity index is 1.65. The predicted molar refractivity (Wildman–Crippen MR) is 93.7 cm³/mol. The minimum Gasteiger partial charge on any atom is -0.334 e. The molecule has 0 aliphatic rings. The van der Waals surface area contributed by atoms with Crippen molar-refractivity contribution in [3.05, 3.63) is 66.2 Å². The summed E-state index contributed by atoms with van der Waals surface area (Å²) in [6.07, 6.45) is 2.21. The maximum absolute atomic E-state index is 13.0. The number of carbonyl (C=O) groups is 1. The molecule has 2 amide bonds. The van der Waals surface area contributed by atoms with E-state index in [1.165, 1.54) is 18.2 Å². The van der Waals surface area contributed by atoms with Gasteiger partial charge in [0.2, 0.25) is 0 Å². The second kappa shape index (κ2) is 7.48. The van der Waals surface area contributed by atoms with Crippen LogP contribution in [-0.2, 0) is 19.8 Å². The third-order valence-corrected chi connectivity index (χ3v) is 3.77. The molecular weight excluding hydrogens is 359 g/mol. The minimum absolute atomic E-state index is 0.112. The van der Waals surface area contributed by atoms with E-state index in [1.807, 2.05) is 12.3 Å². The summed E-state index contributed by atoms with van der Waals surface area (Å²) in [6.45, 7) is 0.112. The Morgan fingerprint density at radius 2 is 1.93 bits per heavy atom. The number of rotatable bonds is 4. The highest BCUT2D eigenvalue weighted by molar-refractivity contribution is 5.90. The fourth-order valence-electron chi connectivity index (χ4n) is 2.50. The Labute approximate surface area is 153 Å². The van der Waals surface area contributed by atoms with E-state index in [-0.39, 0.29) is 12.2 Å². The minimum atomic E-state index is -4.55. The van der Waals surface area contributed by atoms with E-state index in [4.69, 9.17) is 0 Å². The van der Waals surface area contributed by atoms with E-state index < -0.39 is 17.8 Å². The number of para-hydroxylation sites is 1. The Morgan fingerprint density at radius 3 is 2.63 bits per heavy atom. The lowest BCUT2D eigenvalue weighted by Gasteiger charge is -2.14. The highest BCUT2D eigenvalue weighted by Gasteiger charge is 2.33. The molecule has 0 aliphatic heterocycles. The van der Waals surface area contributed by atoms with Crippen molar-refractivity contribution in [3.8, 4) is 11.1 Å². The Morgan fingerprint density at radius 1 is 1.15 bits per heavy atom. The van der Waals surface area contributed by atoms with E-state index in [1.54, 1.807) is 30.3 Å². The SMILES string of the molecule is Cn1cc(-c2cncc(CNC(=O)Nc3ccccc3C(F)(F)F)c2)cn1. The maximum Gasteiger partial charge on any atom is 0.418 e. The first-order valence-electron chi connectivity index (χ1n) is 7.97. The van der Waals surface area contributed by atoms with Gasteiger partial charge in [0.05, 0.1) is 17.4 Å². The van der Waals surface area contributed by atoms with Crippen LogP contribution < -0.4 is 10.6 Å². The molecule has 0 fully saturated rings. The number of halogens is 3. The number of aryl methyl sites for hydroxylation is 1. The standard InChI is InChI=1S/C18H16F3N5O/c1-26-11-14(10-24-26)13-6-12(7-22-9-13)8-23-17(27)25-16-5-3-2-4-15(16)18(19,20)21/h2-7,9-11H,8H2,1H3,(H2,23,25,27). The zero-order valence-electron chi connectivity index (χ0n) is 14.3. The van der Waals surface area contributed by atoms with Gasteiger partial charge in [-0.2, -0.15) is 18.3 Å². The first-order chi connectivity index (χ1) is 12.8. The fraction of sp³-hybridized carbons (Fsp3) is 0.167. The summed E-state index contributed by atoms with van der Waals surface area (Å²) in [6, 6.07) is 5.89. The van der Waals surface area contributed by atoms with Crippen LogP contribution in [0.1, 0.15) is 11.1 Å². The van der Waals surface area contributed by atoms with Crippen LogP contribution in [0.3, 0.4) is 0 Å². The Kier molecular flexibility index (Phi) is 5.11. The highest BCUT2D eigenvalue weighted by atomic mass is 19.4. The van der Waals surface area contributed by atoms with Gasteiger partial charge in [-0.05, 0) is 23.8 Å². The second-order valence-corrected chi connectivity index (χ2v) is 5.84. The number of benzene rings is 1. The largest absolute Gasteiger partial charge is 0.418 e. The highest BCUT2D eigenvalue weighted by Crippen LogP contribution is 2.34. The number of aromatic nitrogens is 3. The van der Waals surface area contributed by atoms with Crippen LogP contribution in [0.4, 0.5) is 23.7 Å². The molecule has 0 saturated carbocycles. The van der Waals surface area contributed by atoms with E-state index in [2.05, 4.69) is 20.7 Å². The van der Waals surface area contributed by atoms with Crippen molar-refractivity contribution >= 4 is 11.7 Å². The van der Waals surface area contributed by atoms with Gasteiger partial charge in [-0.15, -0.1) is 0 Å². The second-order valence-electron chi connectivity index (χ2n) is 5.84. The van der Waals surface area contributed by atoms with Gasteiger partial charge in [0.15, 0.2) is 0 Å². The summed E-state index contributed by atoms with van der Waals surface area (Å²) in [4.78, 5) is 16.1. The molecular formula is C18H16F3N5O. The van der Waals surface area contributed by atoms with Gasteiger partial charge >= 0.3 is 12.2 Å². The normalized spacial score (nSPS) is 11.3. The first kappa shape index (κ1) is 18.4. The number of pyridine rings is 1. The van der Waals surface area contributed by atoms with E-state index in [0.717, 1.165) is 17.2 Å². The molecule has 0 radical (unpaired) electrons. The molecule has 140 valence electrons. The average molecular weight is 375 g/mol. The molecule has 2 N–H and O–H groups in total. The number of carbonyl (C=O) groups excluding carboxylic acids is 1. The quantitative estimate of drug-likeness (QED) is 0.728. The zero-order valence-corrected chi connectivity index (χ0v) is 14.3. The molecule has 9 heteroatoms. The number of urea groups is 1. The van der Waals surface area contributed by atoms with Crippen LogP contribution >= 0.6 is 0 Å². The monoisotopic (exact) mass is 375 g/mol. The third kappa shape index (κ3) is 4.63. The van der Waals surface area contributed by atoms with Crippen molar-refractivity contribution in [2.24, 2.45) is 7.05 Å². The molecule has 3 rings (SSSR count). The van der Waals surface area contributed by atoms with Crippen molar-refractivity contribution in [3.63, 3.8) is 0 Å². The van der Waals surface area contributed by atoms with Gasteiger partial charge in [-0.3, -0.25) is 9.67 Å². The van der Waals surface area contributed by atoms with Crippen LogP contribution in [0.2, 0.25) is 0 Å². The van der Waals surface area contributed by atoms with Crippen molar-refractivity contribution in [1.82, 2.24) is 20.1 Å². The smallest absolute Gasteiger partial charge is 0.334 e. The van der Waals surface area contributed by atoms with E-state index >= 15 is 0 Å². The molecule has 0 unspecified atom stereocenters.